The molecule has 4 nitrogen and oxygen atoms in total. The molecule has 0 heterocycles. The first-order valence-corrected chi connectivity index (χ1v) is 5.64. The number of halogens is 1. The van der Waals surface area contributed by atoms with E-state index in [2.05, 4.69) is 0 Å². The monoisotopic (exact) mass is 263 g/mol. The molecule has 2 aromatic rings. The molecule has 0 saturated carbocycles. The number of nitrogen functional groups attached to an aromatic ring is 1. The van der Waals surface area contributed by atoms with Crippen LogP contribution < -0.4 is 10.5 Å². The highest BCUT2D eigenvalue weighted by molar-refractivity contribution is 5.47. The van der Waals surface area contributed by atoms with E-state index in [1.54, 1.807) is 19.1 Å². The fourth-order valence-electron chi connectivity index (χ4n) is 1.69. The van der Waals surface area contributed by atoms with Gasteiger partial charge in [0.15, 0.2) is 0 Å². The van der Waals surface area contributed by atoms with Crippen LogP contribution in [0.2, 0.25) is 0 Å². The summed E-state index contributed by atoms with van der Waals surface area (Å²) in [4.78, 5) is 0. The molecule has 0 aromatic heterocycles. The first-order chi connectivity index (χ1) is 8.88. The zero-order chi connectivity index (χ0) is 14.0. The molecule has 2 aromatic carbocycles. The van der Waals surface area contributed by atoms with Crippen LogP contribution in [-0.2, 0) is 5.97 Å². The molecule has 4 N–H and O–H groups in total. The Morgan fingerprint density at radius 1 is 1.16 bits per heavy atom. The van der Waals surface area contributed by atoms with Crippen LogP contribution in [0.15, 0.2) is 42.5 Å². The Kier molecular flexibility index (Phi) is 3.42. The largest absolute Gasteiger partial charge is 0.435 e. The van der Waals surface area contributed by atoms with Gasteiger partial charge in [0.2, 0.25) is 0 Å². The van der Waals surface area contributed by atoms with E-state index in [9.17, 15) is 14.6 Å². The molecule has 0 atom stereocenters. The van der Waals surface area contributed by atoms with Crippen molar-refractivity contribution in [3.63, 3.8) is 0 Å². The molecule has 0 aliphatic carbocycles. The highest BCUT2D eigenvalue weighted by Gasteiger charge is 2.29. The van der Waals surface area contributed by atoms with Crippen LogP contribution in [0, 0.1) is 12.7 Å². The van der Waals surface area contributed by atoms with Crippen LogP contribution in [0.25, 0.3) is 0 Å². The Morgan fingerprint density at radius 3 is 2.53 bits per heavy atom. The van der Waals surface area contributed by atoms with Crippen LogP contribution in [0.5, 0.6) is 5.75 Å². The topological polar surface area (TPSA) is 75.7 Å². The van der Waals surface area contributed by atoms with Crippen molar-refractivity contribution in [2.24, 2.45) is 0 Å². The number of benzene rings is 2. The zero-order valence-corrected chi connectivity index (χ0v) is 10.3. The number of anilines is 1. The maximum absolute atomic E-state index is 13.1. The van der Waals surface area contributed by atoms with Crippen molar-refractivity contribution in [3.05, 3.63) is 59.4 Å². The number of aryl methyl sites for hydroxylation is 1. The summed E-state index contributed by atoms with van der Waals surface area (Å²) in [5.41, 5.74) is 6.68. The third-order valence-corrected chi connectivity index (χ3v) is 2.65. The maximum Gasteiger partial charge on any atom is 0.351 e. The third kappa shape index (κ3) is 3.01. The minimum Gasteiger partial charge on any atom is -0.435 e. The van der Waals surface area contributed by atoms with Gasteiger partial charge >= 0.3 is 5.97 Å². The first-order valence-electron chi connectivity index (χ1n) is 5.64. The summed E-state index contributed by atoms with van der Waals surface area (Å²) in [6.07, 6.45) is 0. The lowest BCUT2D eigenvalue weighted by molar-refractivity contribution is -0.304. The van der Waals surface area contributed by atoms with E-state index in [0.717, 1.165) is 6.07 Å². The van der Waals surface area contributed by atoms with E-state index < -0.39 is 11.8 Å². The molecule has 2 rings (SSSR count). The highest BCUT2D eigenvalue weighted by atomic mass is 19.1. The fourth-order valence-corrected chi connectivity index (χ4v) is 1.69. The van der Waals surface area contributed by atoms with Crippen molar-refractivity contribution < 1.29 is 19.3 Å². The van der Waals surface area contributed by atoms with E-state index in [-0.39, 0.29) is 11.3 Å². The predicted molar refractivity (Wildman–Crippen MR) is 68.7 cm³/mol. The normalized spacial score (nSPS) is 11.4. The van der Waals surface area contributed by atoms with Crippen LogP contribution >= 0.6 is 0 Å². The summed E-state index contributed by atoms with van der Waals surface area (Å²) in [6, 6.07) is 9.65. The van der Waals surface area contributed by atoms with Crippen molar-refractivity contribution in [3.8, 4) is 5.75 Å². The minimum atomic E-state index is -2.61. The van der Waals surface area contributed by atoms with Gasteiger partial charge in [0.1, 0.15) is 11.6 Å². The van der Waals surface area contributed by atoms with Gasteiger partial charge < -0.3 is 20.7 Å². The Labute approximate surface area is 109 Å². The molecule has 0 spiro atoms. The van der Waals surface area contributed by atoms with Crippen molar-refractivity contribution in [1.82, 2.24) is 0 Å². The summed E-state index contributed by atoms with van der Waals surface area (Å²) in [7, 11) is 0. The maximum atomic E-state index is 13.1. The number of ether oxygens (including phenoxy) is 1. The quantitative estimate of drug-likeness (QED) is 0.584. The lowest BCUT2D eigenvalue weighted by Gasteiger charge is -2.24. The van der Waals surface area contributed by atoms with E-state index >= 15 is 0 Å². The molecule has 0 unspecified atom stereocenters. The Hall–Kier alpha value is -2.11. The molecular weight excluding hydrogens is 249 g/mol. The van der Waals surface area contributed by atoms with Gasteiger partial charge in [0, 0.05) is 5.69 Å². The molecule has 5 heteroatoms. The molecule has 0 aliphatic rings. The number of nitrogens with two attached hydrogens (primary N) is 1. The molecule has 0 saturated heterocycles. The minimum absolute atomic E-state index is 0.0938. The zero-order valence-electron chi connectivity index (χ0n) is 10.3. The van der Waals surface area contributed by atoms with Crippen LogP contribution in [0.1, 0.15) is 11.1 Å². The predicted octanol–water partition coefficient (Wildman–Crippen LogP) is 1.89. The molecule has 0 radical (unpaired) electrons. The number of hydrogen-bond donors (Lipinski definition) is 3. The smallest absolute Gasteiger partial charge is 0.351 e. The van der Waals surface area contributed by atoms with Gasteiger partial charge in [0.25, 0.3) is 0 Å². The average Bonchev–Trinajstić information content (AvgIpc) is 2.33. The van der Waals surface area contributed by atoms with E-state index in [0.29, 0.717) is 11.3 Å². The summed E-state index contributed by atoms with van der Waals surface area (Å²) in [6.45, 7) is 1.72. The van der Waals surface area contributed by atoms with Crippen LogP contribution in [0.4, 0.5) is 10.1 Å². The molecule has 0 amide bonds. The van der Waals surface area contributed by atoms with Gasteiger partial charge in [-0.1, -0.05) is 6.07 Å². The average molecular weight is 263 g/mol. The molecular formula is C14H14FNO3. The van der Waals surface area contributed by atoms with Gasteiger partial charge in [-0.2, -0.15) is 0 Å². The summed E-state index contributed by atoms with van der Waals surface area (Å²) < 4.78 is 18.2. The third-order valence-electron chi connectivity index (χ3n) is 2.65. The second-order valence-corrected chi connectivity index (χ2v) is 4.25. The molecule has 100 valence electrons. The molecule has 19 heavy (non-hydrogen) atoms. The van der Waals surface area contributed by atoms with Crippen molar-refractivity contribution in [1.29, 1.82) is 0 Å². The lowest BCUT2D eigenvalue weighted by Crippen LogP contribution is -2.32. The lowest BCUT2D eigenvalue weighted by atomic mass is 10.1. The van der Waals surface area contributed by atoms with E-state index in [1.165, 1.54) is 24.3 Å². The van der Waals surface area contributed by atoms with Gasteiger partial charge in [-0.05, 0) is 48.9 Å². The Bertz CT molecular complexity index is 599. The first kappa shape index (κ1) is 13.3. The SMILES string of the molecule is Cc1cc(N)ccc1OC(O)(O)c1cccc(F)c1. The van der Waals surface area contributed by atoms with Gasteiger partial charge in [-0.3, -0.25) is 0 Å². The van der Waals surface area contributed by atoms with Gasteiger partial charge in [-0.15, -0.1) is 0 Å². The van der Waals surface area contributed by atoms with Crippen molar-refractivity contribution in [2.75, 3.05) is 5.73 Å². The van der Waals surface area contributed by atoms with E-state index in [1.807, 2.05) is 0 Å². The van der Waals surface area contributed by atoms with E-state index in [4.69, 9.17) is 10.5 Å². The summed E-state index contributed by atoms with van der Waals surface area (Å²) >= 11 is 0. The number of aliphatic hydroxyl groups is 2. The Balaban J connectivity index is 2.30. The van der Waals surface area contributed by atoms with Gasteiger partial charge in [0.05, 0.1) is 5.56 Å². The number of rotatable bonds is 3. The van der Waals surface area contributed by atoms with Crippen molar-refractivity contribution in [2.45, 2.75) is 12.9 Å². The second-order valence-electron chi connectivity index (χ2n) is 4.25. The Morgan fingerprint density at radius 2 is 1.89 bits per heavy atom. The van der Waals surface area contributed by atoms with Crippen LogP contribution in [-0.4, -0.2) is 10.2 Å². The molecule has 0 bridgehead atoms. The van der Waals surface area contributed by atoms with Gasteiger partial charge in [-0.25, -0.2) is 4.39 Å². The standard InChI is InChI=1S/C14H14FNO3/c1-9-7-12(16)5-6-13(9)19-14(17,18)10-3-2-4-11(15)8-10/h2-8,17-18H,16H2,1H3. The second kappa shape index (κ2) is 4.87. The van der Waals surface area contributed by atoms with Crippen LogP contribution in [0.3, 0.4) is 0 Å². The summed E-state index contributed by atoms with van der Waals surface area (Å²) in [5, 5.41) is 19.8. The molecule has 0 aliphatic heterocycles. The summed E-state index contributed by atoms with van der Waals surface area (Å²) in [5.74, 6) is -2.94. The fraction of sp³-hybridized carbons (Fsp3) is 0.143. The van der Waals surface area contributed by atoms with Crippen molar-refractivity contribution >= 4 is 5.69 Å². The highest BCUT2D eigenvalue weighted by Crippen LogP contribution is 2.28. The number of hydrogen-bond acceptors (Lipinski definition) is 4. The molecule has 0 fully saturated rings.